The average Bonchev–Trinajstić information content (AvgIpc) is 2.40. The molecule has 3 nitrogen and oxygen atoms in total. The van der Waals surface area contributed by atoms with Gasteiger partial charge in [0.25, 0.3) is 0 Å². The van der Waals surface area contributed by atoms with E-state index in [1.54, 1.807) is 12.1 Å². The molecule has 1 aliphatic rings. The predicted octanol–water partition coefficient (Wildman–Crippen LogP) is 4.57. The van der Waals surface area contributed by atoms with Gasteiger partial charge in [-0.2, -0.15) is 0 Å². The van der Waals surface area contributed by atoms with Crippen molar-refractivity contribution in [1.82, 2.24) is 0 Å². The van der Waals surface area contributed by atoms with Crippen molar-refractivity contribution in [3.05, 3.63) is 60.2 Å². The summed E-state index contributed by atoms with van der Waals surface area (Å²) in [7, 11) is 0. The Morgan fingerprint density at radius 1 is 1.00 bits per heavy atom. The van der Waals surface area contributed by atoms with Crippen molar-refractivity contribution in [1.29, 1.82) is 0 Å². The van der Waals surface area contributed by atoms with Gasteiger partial charge in [0.1, 0.15) is 5.75 Å². The lowest BCUT2D eigenvalue weighted by atomic mass is 9.80. The highest BCUT2D eigenvalue weighted by atomic mass is 16.6. The van der Waals surface area contributed by atoms with Crippen LogP contribution in [0, 0.1) is 0 Å². The second-order valence-electron chi connectivity index (χ2n) is 5.08. The summed E-state index contributed by atoms with van der Waals surface area (Å²) in [5.41, 5.74) is 2.12. The van der Waals surface area contributed by atoms with E-state index in [1.165, 1.54) is 24.8 Å². The molecule has 0 aromatic heterocycles. The van der Waals surface area contributed by atoms with Crippen LogP contribution in [0.25, 0.3) is 0 Å². The molecule has 3 heteroatoms. The first-order valence-corrected chi connectivity index (χ1v) is 6.95. The Morgan fingerprint density at radius 3 is 2.30 bits per heavy atom. The van der Waals surface area contributed by atoms with Gasteiger partial charge >= 0.3 is 6.09 Å². The number of para-hydroxylation sites is 1. The van der Waals surface area contributed by atoms with Gasteiger partial charge in [-0.05, 0) is 48.6 Å². The number of benzene rings is 2. The van der Waals surface area contributed by atoms with Crippen molar-refractivity contribution in [2.75, 3.05) is 5.32 Å². The number of carbonyl (C=O) groups excluding carboxylic acids is 1. The fourth-order valence-corrected chi connectivity index (χ4v) is 2.32. The number of ether oxygens (including phenoxy) is 1. The molecule has 2 aromatic carbocycles. The first-order chi connectivity index (χ1) is 9.81. The fraction of sp³-hybridized carbons (Fsp3) is 0.235. The van der Waals surface area contributed by atoms with Gasteiger partial charge in [-0.25, -0.2) is 4.79 Å². The van der Waals surface area contributed by atoms with Crippen LogP contribution in [0.3, 0.4) is 0 Å². The molecule has 0 heterocycles. The van der Waals surface area contributed by atoms with E-state index in [-0.39, 0.29) is 0 Å². The number of anilines is 1. The summed E-state index contributed by atoms with van der Waals surface area (Å²) in [4.78, 5) is 11.7. The lowest BCUT2D eigenvalue weighted by Gasteiger charge is -2.25. The number of nitrogens with one attached hydrogen (secondary N) is 1. The minimum absolute atomic E-state index is 0.465. The molecule has 0 bridgehead atoms. The second kappa shape index (κ2) is 5.78. The van der Waals surface area contributed by atoms with Crippen LogP contribution in [0.15, 0.2) is 54.6 Å². The van der Waals surface area contributed by atoms with Crippen molar-refractivity contribution in [2.24, 2.45) is 0 Å². The molecule has 1 fully saturated rings. The number of hydrogen-bond acceptors (Lipinski definition) is 2. The zero-order valence-corrected chi connectivity index (χ0v) is 11.2. The minimum Gasteiger partial charge on any atom is -0.410 e. The second-order valence-corrected chi connectivity index (χ2v) is 5.08. The van der Waals surface area contributed by atoms with Gasteiger partial charge in [0.05, 0.1) is 0 Å². The maximum Gasteiger partial charge on any atom is 0.417 e. The number of rotatable bonds is 3. The van der Waals surface area contributed by atoms with Gasteiger partial charge in [-0.3, -0.25) is 5.32 Å². The van der Waals surface area contributed by atoms with Crippen molar-refractivity contribution in [3.63, 3.8) is 0 Å². The summed E-state index contributed by atoms with van der Waals surface area (Å²) < 4.78 is 5.18. The lowest BCUT2D eigenvalue weighted by Crippen LogP contribution is -2.16. The van der Waals surface area contributed by atoms with E-state index in [2.05, 4.69) is 17.4 Å². The van der Waals surface area contributed by atoms with Gasteiger partial charge in [-0.15, -0.1) is 0 Å². The summed E-state index contributed by atoms with van der Waals surface area (Å²) >= 11 is 0. The van der Waals surface area contributed by atoms with E-state index in [4.69, 9.17) is 4.74 Å². The molecule has 20 heavy (non-hydrogen) atoms. The number of amides is 1. The molecule has 0 radical (unpaired) electrons. The zero-order chi connectivity index (χ0) is 13.8. The Bertz CT molecular complexity index is 574. The summed E-state index contributed by atoms with van der Waals surface area (Å²) in [6.45, 7) is 0. The molecule has 1 saturated carbocycles. The van der Waals surface area contributed by atoms with Crippen LogP contribution in [-0.2, 0) is 0 Å². The van der Waals surface area contributed by atoms with E-state index in [1.807, 2.05) is 30.3 Å². The average molecular weight is 267 g/mol. The predicted molar refractivity (Wildman–Crippen MR) is 79.1 cm³/mol. The lowest BCUT2D eigenvalue weighted by molar-refractivity contribution is 0.215. The third-order valence-corrected chi connectivity index (χ3v) is 3.69. The molecular weight excluding hydrogens is 250 g/mol. The molecule has 0 saturated heterocycles. The van der Waals surface area contributed by atoms with E-state index in [0.29, 0.717) is 11.7 Å². The Morgan fingerprint density at radius 2 is 1.70 bits per heavy atom. The van der Waals surface area contributed by atoms with Crippen LogP contribution in [-0.4, -0.2) is 6.09 Å². The highest BCUT2D eigenvalue weighted by Crippen LogP contribution is 2.36. The summed E-state index contributed by atoms with van der Waals surface area (Å²) in [6.07, 6.45) is 3.42. The maximum atomic E-state index is 11.7. The Labute approximate surface area is 118 Å². The van der Waals surface area contributed by atoms with Crippen LogP contribution in [0.1, 0.15) is 30.7 Å². The van der Waals surface area contributed by atoms with Crippen molar-refractivity contribution in [2.45, 2.75) is 25.2 Å². The Hall–Kier alpha value is -2.29. The zero-order valence-electron chi connectivity index (χ0n) is 11.2. The van der Waals surface area contributed by atoms with E-state index < -0.39 is 6.09 Å². The quantitative estimate of drug-likeness (QED) is 0.885. The Kier molecular flexibility index (Phi) is 3.68. The van der Waals surface area contributed by atoms with E-state index >= 15 is 0 Å². The van der Waals surface area contributed by atoms with Crippen molar-refractivity contribution >= 4 is 11.8 Å². The number of carbonyl (C=O) groups is 1. The molecule has 2 aromatic rings. The molecule has 0 atom stereocenters. The van der Waals surface area contributed by atoms with Crippen LogP contribution < -0.4 is 10.1 Å². The van der Waals surface area contributed by atoms with E-state index in [9.17, 15) is 4.79 Å². The first-order valence-electron chi connectivity index (χ1n) is 6.95. The molecule has 1 N–H and O–H groups in total. The molecule has 3 rings (SSSR count). The van der Waals surface area contributed by atoms with Crippen molar-refractivity contribution < 1.29 is 9.53 Å². The van der Waals surface area contributed by atoms with Crippen LogP contribution in [0.4, 0.5) is 10.5 Å². The molecule has 102 valence electrons. The van der Waals surface area contributed by atoms with Crippen molar-refractivity contribution in [3.8, 4) is 5.75 Å². The molecule has 0 spiro atoms. The van der Waals surface area contributed by atoms with Gasteiger partial charge in [0.2, 0.25) is 0 Å². The van der Waals surface area contributed by atoms with E-state index in [0.717, 1.165) is 5.69 Å². The highest BCUT2D eigenvalue weighted by Gasteiger charge is 2.19. The maximum absolute atomic E-state index is 11.7. The highest BCUT2D eigenvalue weighted by molar-refractivity contribution is 5.86. The molecule has 0 unspecified atom stereocenters. The smallest absolute Gasteiger partial charge is 0.410 e. The van der Waals surface area contributed by atoms with Crippen LogP contribution in [0.2, 0.25) is 0 Å². The van der Waals surface area contributed by atoms with Crippen LogP contribution >= 0.6 is 0 Å². The van der Waals surface area contributed by atoms with Gasteiger partial charge in [0.15, 0.2) is 0 Å². The molecule has 0 aliphatic heterocycles. The summed E-state index contributed by atoms with van der Waals surface area (Å²) in [6, 6.07) is 17.1. The minimum atomic E-state index is -0.465. The SMILES string of the molecule is O=C(Nc1ccc(C2CCC2)cc1)Oc1ccccc1. The van der Waals surface area contributed by atoms with Gasteiger partial charge in [-0.1, -0.05) is 36.8 Å². The van der Waals surface area contributed by atoms with Gasteiger partial charge < -0.3 is 4.74 Å². The normalized spacial score (nSPS) is 14.4. The fourth-order valence-electron chi connectivity index (χ4n) is 2.32. The Balaban J connectivity index is 1.58. The first kappa shape index (κ1) is 12.7. The summed E-state index contributed by atoms with van der Waals surface area (Å²) in [5, 5.41) is 2.73. The molecular formula is C17H17NO2. The molecule has 1 amide bonds. The monoisotopic (exact) mass is 267 g/mol. The van der Waals surface area contributed by atoms with Gasteiger partial charge in [0, 0.05) is 5.69 Å². The summed E-state index contributed by atoms with van der Waals surface area (Å²) in [5.74, 6) is 1.25. The van der Waals surface area contributed by atoms with Crippen LogP contribution in [0.5, 0.6) is 5.75 Å². The standard InChI is InChI=1S/C17H17NO2/c19-17(20-16-7-2-1-3-8-16)18-15-11-9-14(10-12-15)13-5-4-6-13/h1-3,7-13H,4-6H2,(H,18,19). The largest absolute Gasteiger partial charge is 0.417 e. The third-order valence-electron chi connectivity index (χ3n) is 3.69. The third kappa shape index (κ3) is 2.99. The molecule has 1 aliphatic carbocycles. The number of hydrogen-bond donors (Lipinski definition) is 1. The topological polar surface area (TPSA) is 38.3 Å².